The topological polar surface area (TPSA) is 126 Å². The largest absolute Gasteiger partial charge is 0.480 e. The van der Waals surface area contributed by atoms with Crippen LogP contribution in [0.4, 0.5) is 0 Å². The summed E-state index contributed by atoms with van der Waals surface area (Å²) in [6.07, 6.45) is 2.28. The van der Waals surface area contributed by atoms with Crippen molar-refractivity contribution in [2.24, 2.45) is 5.73 Å². The molecular formula is C12H18N4O4S. The first-order valence-electron chi connectivity index (χ1n) is 6.56. The normalized spacial score (nSPS) is 17.2. The second-order valence-corrected chi connectivity index (χ2v) is 6.58. The van der Waals surface area contributed by atoms with Gasteiger partial charge < -0.3 is 10.8 Å². The van der Waals surface area contributed by atoms with E-state index < -0.39 is 22.2 Å². The quantitative estimate of drug-likeness (QED) is 0.623. The van der Waals surface area contributed by atoms with Crippen molar-refractivity contribution in [1.82, 2.24) is 14.0 Å². The SMILES string of the molecule is NC(CCNS(=O)(=O)N1CCc2cccnc2C1)C(=O)O. The highest BCUT2D eigenvalue weighted by Gasteiger charge is 2.27. The third-order valence-electron chi connectivity index (χ3n) is 3.34. The second kappa shape index (κ2) is 6.48. The van der Waals surface area contributed by atoms with E-state index in [-0.39, 0.29) is 19.5 Å². The van der Waals surface area contributed by atoms with Crippen LogP contribution in [-0.4, -0.2) is 47.9 Å². The second-order valence-electron chi connectivity index (χ2n) is 4.83. The number of nitrogens with two attached hydrogens (primary N) is 1. The first-order valence-corrected chi connectivity index (χ1v) is 8.00. The van der Waals surface area contributed by atoms with Crippen LogP contribution in [0.3, 0.4) is 0 Å². The third-order valence-corrected chi connectivity index (χ3v) is 4.90. The van der Waals surface area contributed by atoms with Crippen LogP contribution in [0.5, 0.6) is 0 Å². The van der Waals surface area contributed by atoms with Crippen LogP contribution in [0.1, 0.15) is 17.7 Å². The summed E-state index contributed by atoms with van der Waals surface area (Å²) in [5.41, 5.74) is 7.13. The molecule has 21 heavy (non-hydrogen) atoms. The Labute approximate surface area is 123 Å². The summed E-state index contributed by atoms with van der Waals surface area (Å²) in [4.78, 5) is 14.8. The fourth-order valence-electron chi connectivity index (χ4n) is 2.10. The van der Waals surface area contributed by atoms with E-state index in [0.717, 1.165) is 11.3 Å². The van der Waals surface area contributed by atoms with Crippen LogP contribution in [0, 0.1) is 0 Å². The number of aliphatic carboxylic acids is 1. The summed E-state index contributed by atoms with van der Waals surface area (Å²) in [5.74, 6) is -1.15. The molecule has 1 atom stereocenters. The van der Waals surface area contributed by atoms with Gasteiger partial charge in [-0.05, 0) is 24.5 Å². The van der Waals surface area contributed by atoms with E-state index in [0.29, 0.717) is 13.0 Å². The van der Waals surface area contributed by atoms with E-state index in [1.165, 1.54) is 4.31 Å². The number of hydrogen-bond acceptors (Lipinski definition) is 5. The zero-order chi connectivity index (χ0) is 15.5. The molecule has 1 aliphatic rings. The van der Waals surface area contributed by atoms with Crippen LogP contribution in [0.15, 0.2) is 18.3 Å². The predicted molar refractivity (Wildman–Crippen MR) is 75.5 cm³/mol. The summed E-state index contributed by atoms with van der Waals surface area (Å²) in [6.45, 7) is 0.580. The van der Waals surface area contributed by atoms with Crippen LogP contribution in [-0.2, 0) is 28.0 Å². The highest BCUT2D eigenvalue weighted by atomic mass is 32.2. The number of fused-ring (bicyclic) bond motifs is 1. The van der Waals surface area contributed by atoms with Gasteiger partial charge in [-0.2, -0.15) is 12.7 Å². The number of nitrogens with one attached hydrogen (secondary N) is 1. The molecule has 0 aromatic carbocycles. The van der Waals surface area contributed by atoms with Gasteiger partial charge in [0.05, 0.1) is 12.2 Å². The first kappa shape index (κ1) is 15.8. The molecule has 0 radical (unpaired) electrons. The fraction of sp³-hybridized carbons (Fsp3) is 0.500. The number of carbonyl (C=O) groups is 1. The van der Waals surface area contributed by atoms with E-state index in [1.54, 1.807) is 6.20 Å². The van der Waals surface area contributed by atoms with E-state index in [9.17, 15) is 13.2 Å². The Hall–Kier alpha value is -1.55. The number of carboxylic acid groups (broad SMARTS) is 1. The Morgan fingerprint density at radius 3 is 3.05 bits per heavy atom. The molecule has 1 aromatic rings. The Balaban J connectivity index is 1.94. The van der Waals surface area contributed by atoms with Gasteiger partial charge in [0.2, 0.25) is 0 Å². The number of aromatic nitrogens is 1. The smallest absolute Gasteiger partial charge is 0.320 e. The molecule has 2 rings (SSSR count). The van der Waals surface area contributed by atoms with E-state index in [4.69, 9.17) is 10.8 Å². The van der Waals surface area contributed by atoms with Crippen molar-refractivity contribution in [1.29, 1.82) is 0 Å². The molecule has 0 saturated heterocycles. The van der Waals surface area contributed by atoms with E-state index in [2.05, 4.69) is 9.71 Å². The Kier molecular flexibility index (Phi) is 4.88. The summed E-state index contributed by atoms with van der Waals surface area (Å²) in [7, 11) is -3.65. The fourth-order valence-corrected chi connectivity index (χ4v) is 3.28. The van der Waals surface area contributed by atoms with Gasteiger partial charge in [0.15, 0.2) is 0 Å². The highest BCUT2D eigenvalue weighted by Crippen LogP contribution is 2.18. The van der Waals surface area contributed by atoms with Crippen LogP contribution in [0.2, 0.25) is 0 Å². The monoisotopic (exact) mass is 314 g/mol. The molecule has 1 unspecified atom stereocenters. The van der Waals surface area contributed by atoms with Gasteiger partial charge in [-0.3, -0.25) is 9.78 Å². The van der Waals surface area contributed by atoms with Gasteiger partial charge in [0.1, 0.15) is 6.04 Å². The Bertz CT molecular complexity index is 619. The number of rotatable bonds is 6. The molecule has 0 bridgehead atoms. The van der Waals surface area contributed by atoms with Crippen molar-refractivity contribution in [3.63, 3.8) is 0 Å². The average molecular weight is 314 g/mol. The minimum Gasteiger partial charge on any atom is -0.480 e. The van der Waals surface area contributed by atoms with Gasteiger partial charge in [-0.15, -0.1) is 0 Å². The number of pyridine rings is 1. The van der Waals surface area contributed by atoms with Gasteiger partial charge in [0.25, 0.3) is 10.2 Å². The maximum atomic E-state index is 12.1. The van der Waals surface area contributed by atoms with Crippen molar-refractivity contribution in [3.8, 4) is 0 Å². The summed E-state index contributed by atoms with van der Waals surface area (Å²) in [6, 6.07) is 2.69. The lowest BCUT2D eigenvalue weighted by atomic mass is 10.1. The summed E-state index contributed by atoms with van der Waals surface area (Å²) in [5, 5.41) is 8.65. The number of hydrogen-bond donors (Lipinski definition) is 3. The van der Waals surface area contributed by atoms with Gasteiger partial charge in [-0.25, -0.2) is 4.72 Å². The molecule has 1 aliphatic heterocycles. The van der Waals surface area contributed by atoms with Crippen molar-refractivity contribution in [2.45, 2.75) is 25.4 Å². The molecule has 0 amide bonds. The molecule has 1 aromatic heterocycles. The zero-order valence-corrected chi connectivity index (χ0v) is 12.2. The molecular weight excluding hydrogens is 296 g/mol. The summed E-state index contributed by atoms with van der Waals surface area (Å²) >= 11 is 0. The highest BCUT2D eigenvalue weighted by molar-refractivity contribution is 7.87. The molecule has 4 N–H and O–H groups in total. The van der Waals surface area contributed by atoms with Gasteiger partial charge in [-0.1, -0.05) is 6.07 Å². The van der Waals surface area contributed by atoms with Crippen LogP contribution in [0.25, 0.3) is 0 Å². The lowest BCUT2D eigenvalue weighted by molar-refractivity contribution is -0.138. The minimum atomic E-state index is -3.65. The Morgan fingerprint density at radius 2 is 2.33 bits per heavy atom. The standard InChI is InChI=1S/C12H18N4O4S/c13-10(12(17)18)3-6-15-21(19,20)16-7-4-9-2-1-5-14-11(9)8-16/h1-2,5,10,15H,3-4,6-8,13H2,(H,17,18). The Morgan fingerprint density at radius 1 is 1.57 bits per heavy atom. The zero-order valence-electron chi connectivity index (χ0n) is 11.4. The molecule has 0 aliphatic carbocycles. The van der Waals surface area contributed by atoms with Crippen molar-refractivity contribution < 1.29 is 18.3 Å². The number of nitrogens with zero attached hydrogens (tertiary/aromatic N) is 2. The van der Waals surface area contributed by atoms with Crippen molar-refractivity contribution in [3.05, 3.63) is 29.6 Å². The van der Waals surface area contributed by atoms with Crippen molar-refractivity contribution >= 4 is 16.2 Å². The first-order chi connectivity index (χ1) is 9.90. The predicted octanol–water partition coefficient (Wildman–Crippen LogP) is -0.924. The molecule has 0 saturated carbocycles. The van der Waals surface area contributed by atoms with Gasteiger partial charge in [0, 0.05) is 19.3 Å². The molecule has 0 fully saturated rings. The molecule has 0 spiro atoms. The maximum absolute atomic E-state index is 12.1. The maximum Gasteiger partial charge on any atom is 0.320 e. The third kappa shape index (κ3) is 3.97. The van der Waals surface area contributed by atoms with E-state index in [1.807, 2.05) is 12.1 Å². The number of carboxylic acids is 1. The van der Waals surface area contributed by atoms with Crippen LogP contribution >= 0.6 is 0 Å². The molecule has 2 heterocycles. The molecule has 8 nitrogen and oxygen atoms in total. The van der Waals surface area contributed by atoms with Crippen LogP contribution < -0.4 is 10.5 Å². The lowest BCUT2D eigenvalue weighted by Gasteiger charge is -2.27. The van der Waals surface area contributed by atoms with E-state index >= 15 is 0 Å². The average Bonchev–Trinajstić information content (AvgIpc) is 2.46. The van der Waals surface area contributed by atoms with Crippen molar-refractivity contribution in [2.75, 3.05) is 13.1 Å². The minimum absolute atomic E-state index is 0.0125. The molecule has 9 heteroatoms. The van der Waals surface area contributed by atoms with Gasteiger partial charge >= 0.3 is 5.97 Å². The lowest BCUT2D eigenvalue weighted by Crippen LogP contribution is -2.45. The summed E-state index contributed by atoms with van der Waals surface area (Å²) < 4.78 is 28.0. The molecule has 116 valence electrons.